The molecule has 0 bridgehead atoms. The predicted octanol–water partition coefficient (Wildman–Crippen LogP) is 0.402. The van der Waals surface area contributed by atoms with Gasteiger partial charge in [0.25, 0.3) is 5.56 Å². The SMILES string of the molecule is C[C@H]1CN(C(=O)Cc2c[nH]c(=O)n(C)c2=O)Cc2nnc(Cc3ccccc3)n21. The number of carbonyl (C=O) groups is 1. The lowest BCUT2D eigenvalue weighted by atomic mass is 10.1. The van der Waals surface area contributed by atoms with Crippen LogP contribution in [-0.4, -0.2) is 41.7 Å². The minimum absolute atomic E-state index is 0.0230. The molecule has 0 fully saturated rings. The average molecular weight is 394 g/mol. The summed E-state index contributed by atoms with van der Waals surface area (Å²) in [7, 11) is 1.38. The van der Waals surface area contributed by atoms with Crippen LogP contribution in [-0.2, 0) is 31.2 Å². The topological polar surface area (TPSA) is 106 Å². The van der Waals surface area contributed by atoms with Gasteiger partial charge in [-0.05, 0) is 12.5 Å². The summed E-state index contributed by atoms with van der Waals surface area (Å²) in [5, 5.41) is 8.63. The molecule has 1 aromatic carbocycles. The minimum Gasteiger partial charge on any atom is -0.333 e. The fourth-order valence-corrected chi connectivity index (χ4v) is 3.72. The molecule has 0 aliphatic carbocycles. The van der Waals surface area contributed by atoms with Crippen molar-refractivity contribution in [1.82, 2.24) is 29.2 Å². The molecule has 3 aromatic rings. The Bertz CT molecular complexity index is 1160. The fourth-order valence-electron chi connectivity index (χ4n) is 3.72. The Morgan fingerprint density at radius 1 is 1.21 bits per heavy atom. The molecule has 1 aliphatic rings. The highest BCUT2D eigenvalue weighted by atomic mass is 16.2. The maximum absolute atomic E-state index is 12.8. The summed E-state index contributed by atoms with van der Waals surface area (Å²) in [6.07, 6.45) is 1.93. The van der Waals surface area contributed by atoms with Gasteiger partial charge in [0.1, 0.15) is 5.82 Å². The van der Waals surface area contributed by atoms with Crippen LogP contribution in [0.2, 0.25) is 0 Å². The molecule has 1 aliphatic heterocycles. The van der Waals surface area contributed by atoms with Gasteiger partial charge in [0.05, 0.1) is 19.0 Å². The van der Waals surface area contributed by atoms with Crippen molar-refractivity contribution in [2.24, 2.45) is 7.05 Å². The largest absolute Gasteiger partial charge is 0.333 e. The van der Waals surface area contributed by atoms with E-state index in [9.17, 15) is 14.4 Å². The van der Waals surface area contributed by atoms with Crippen LogP contribution < -0.4 is 11.2 Å². The first-order chi connectivity index (χ1) is 13.9. The van der Waals surface area contributed by atoms with Gasteiger partial charge in [-0.1, -0.05) is 30.3 Å². The third-order valence-corrected chi connectivity index (χ3v) is 5.25. The maximum atomic E-state index is 12.8. The van der Waals surface area contributed by atoms with Gasteiger partial charge in [-0.3, -0.25) is 14.2 Å². The molecular formula is C20H22N6O3. The highest BCUT2D eigenvalue weighted by Gasteiger charge is 2.29. The van der Waals surface area contributed by atoms with Crippen LogP contribution in [0, 0.1) is 0 Å². The van der Waals surface area contributed by atoms with Crippen molar-refractivity contribution in [1.29, 1.82) is 0 Å². The van der Waals surface area contributed by atoms with E-state index in [2.05, 4.69) is 31.9 Å². The van der Waals surface area contributed by atoms with E-state index < -0.39 is 11.2 Å². The number of aromatic amines is 1. The third-order valence-electron chi connectivity index (χ3n) is 5.25. The summed E-state index contributed by atoms with van der Waals surface area (Å²) in [5.41, 5.74) is 0.459. The molecular weight excluding hydrogens is 372 g/mol. The van der Waals surface area contributed by atoms with Crippen molar-refractivity contribution in [2.75, 3.05) is 6.54 Å². The number of fused-ring (bicyclic) bond motifs is 1. The molecule has 3 heterocycles. The summed E-state index contributed by atoms with van der Waals surface area (Å²) >= 11 is 0. The van der Waals surface area contributed by atoms with E-state index >= 15 is 0 Å². The van der Waals surface area contributed by atoms with Gasteiger partial charge in [0.2, 0.25) is 5.91 Å². The number of benzene rings is 1. The first-order valence-corrected chi connectivity index (χ1v) is 9.46. The molecule has 0 unspecified atom stereocenters. The van der Waals surface area contributed by atoms with Crippen LogP contribution in [0.3, 0.4) is 0 Å². The number of hydrogen-bond acceptors (Lipinski definition) is 5. The molecule has 2 aromatic heterocycles. The molecule has 9 heteroatoms. The summed E-state index contributed by atoms with van der Waals surface area (Å²) < 4.78 is 3.06. The summed E-state index contributed by atoms with van der Waals surface area (Å²) in [6.45, 7) is 2.88. The van der Waals surface area contributed by atoms with E-state index in [0.29, 0.717) is 19.5 Å². The predicted molar refractivity (Wildman–Crippen MR) is 105 cm³/mol. The van der Waals surface area contributed by atoms with Gasteiger partial charge in [-0.25, -0.2) is 4.79 Å². The minimum atomic E-state index is -0.503. The van der Waals surface area contributed by atoms with Crippen molar-refractivity contribution in [3.8, 4) is 0 Å². The van der Waals surface area contributed by atoms with Gasteiger partial charge in [0, 0.05) is 31.8 Å². The zero-order valence-electron chi connectivity index (χ0n) is 16.3. The number of H-pyrrole nitrogens is 1. The second kappa shape index (κ2) is 7.50. The Morgan fingerprint density at radius 2 is 1.97 bits per heavy atom. The first kappa shape index (κ1) is 18.9. The van der Waals surface area contributed by atoms with Gasteiger partial charge < -0.3 is 14.5 Å². The molecule has 0 spiro atoms. The highest BCUT2D eigenvalue weighted by Crippen LogP contribution is 2.23. The smallest absolute Gasteiger partial charge is 0.328 e. The summed E-state index contributed by atoms with van der Waals surface area (Å²) in [5.74, 6) is 1.43. The number of nitrogens with one attached hydrogen (secondary N) is 1. The van der Waals surface area contributed by atoms with Crippen LogP contribution in [0.4, 0.5) is 0 Å². The molecule has 9 nitrogen and oxygen atoms in total. The van der Waals surface area contributed by atoms with Crippen molar-refractivity contribution in [3.05, 3.63) is 80.1 Å². The van der Waals surface area contributed by atoms with Crippen molar-refractivity contribution in [3.63, 3.8) is 0 Å². The Hall–Kier alpha value is -3.49. The zero-order chi connectivity index (χ0) is 20.5. The molecule has 0 radical (unpaired) electrons. The van der Waals surface area contributed by atoms with Crippen LogP contribution in [0.5, 0.6) is 0 Å². The number of carbonyl (C=O) groups excluding carboxylic acids is 1. The fraction of sp³-hybridized carbons (Fsp3) is 0.350. The molecule has 0 saturated heterocycles. The van der Waals surface area contributed by atoms with Crippen LogP contribution >= 0.6 is 0 Å². The number of aromatic nitrogens is 5. The molecule has 1 amide bonds. The number of nitrogens with zero attached hydrogens (tertiary/aromatic N) is 5. The monoisotopic (exact) mass is 394 g/mol. The van der Waals surface area contributed by atoms with Crippen LogP contribution in [0.15, 0.2) is 46.1 Å². The van der Waals surface area contributed by atoms with Crippen molar-refractivity contribution in [2.45, 2.75) is 32.4 Å². The second-order valence-electron chi connectivity index (χ2n) is 7.35. The van der Waals surface area contributed by atoms with E-state index in [1.807, 2.05) is 25.1 Å². The Morgan fingerprint density at radius 3 is 2.72 bits per heavy atom. The molecule has 1 atom stereocenters. The third kappa shape index (κ3) is 3.63. The van der Waals surface area contributed by atoms with Crippen molar-refractivity contribution >= 4 is 5.91 Å². The van der Waals surface area contributed by atoms with Crippen LogP contribution in [0.25, 0.3) is 0 Å². The van der Waals surface area contributed by atoms with Gasteiger partial charge in [0.15, 0.2) is 5.82 Å². The summed E-state index contributed by atoms with van der Waals surface area (Å²) in [6, 6.07) is 10.1. The van der Waals surface area contributed by atoms with E-state index in [1.54, 1.807) is 4.90 Å². The average Bonchev–Trinajstić information content (AvgIpc) is 3.12. The van der Waals surface area contributed by atoms with E-state index in [1.165, 1.54) is 13.2 Å². The number of rotatable bonds is 4. The van der Waals surface area contributed by atoms with Crippen molar-refractivity contribution < 1.29 is 4.79 Å². The zero-order valence-corrected chi connectivity index (χ0v) is 16.3. The van der Waals surface area contributed by atoms with E-state index in [0.717, 1.165) is 21.8 Å². The second-order valence-corrected chi connectivity index (χ2v) is 7.35. The summed E-state index contributed by atoms with van der Waals surface area (Å²) in [4.78, 5) is 40.6. The number of hydrogen-bond donors (Lipinski definition) is 1. The van der Waals surface area contributed by atoms with Gasteiger partial charge in [-0.2, -0.15) is 0 Å². The normalized spacial score (nSPS) is 15.9. The van der Waals surface area contributed by atoms with Gasteiger partial charge in [-0.15, -0.1) is 10.2 Å². The first-order valence-electron chi connectivity index (χ1n) is 9.46. The standard InChI is InChI=1S/C20H22N6O3/c1-13-11-25(18(27)9-15-10-21-20(29)24(2)19(15)28)12-17-23-22-16(26(13)17)8-14-6-4-3-5-7-14/h3-7,10,13H,8-9,11-12H2,1-2H3,(H,21,29)/t13-/m0/s1. The van der Waals surface area contributed by atoms with E-state index in [-0.39, 0.29) is 23.9 Å². The molecule has 1 N–H and O–H groups in total. The quantitative estimate of drug-likeness (QED) is 0.690. The van der Waals surface area contributed by atoms with Gasteiger partial charge >= 0.3 is 5.69 Å². The molecule has 150 valence electrons. The lowest BCUT2D eigenvalue weighted by molar-refractivity contribution is -0.132. The molecule has 0 saturated carbocycles. The Kier molecular flexibility index (Phi) is 4.87. The molecule has 29 heavy (non-hydrogen) atoms. The van der Waals surface area contributed by atoms with E-state index in [4.69, 9.17) is 0 Å². The molecule has 4 rings (SSSR count). The maximum Gasteiger partial charge on any atom is 0.328 e. The Balaban J connectivity index is 1.52. The Labute approximate surface area is 166 Å². The lowest BCUT2D eigenvalue weighted by Crippen LogP contribution is -2.43. The highest BCUT2D eigenvalue weighted by molar-refractivity contribution is 5.78. The van der Waals surface area contributed by atoms with Crippen LogP contribution in [0.1, 0.15) is 35.7 Å². The lowest BCUT2D eigenvalue weighted by Gasteiger charge is -2.32. The number of amides is 1.